The number of aryl methyl sites for hydroxylation is 2. The van der Waals surface area contributed by atoms with Crippen molar-refractivity contribution in [3.63, 3.8) is 0 Å². The molecule has 2 rings (SSSR count). The minimum absolute atomic E-state index is 0.0522. The summed E-state index contributed by atoms with van der Waals surface area (Å²) < 4.78 is 5.56. The first-order valence-electron chi connectivity index (χ1n) is 6.55. The molecule has 3 nitrogen and oxygen atoms in total. The topological polar surface area (TPSA) is 38.3 Å². The van der Waals surface area contributed by atoms with Gasteiger partial charge in [0.05, 0.1) is 12.7 Å². The molecule has 0 spiro atoms. The van der Waals surface area contributed by atoms with Gasteiger partial charge in [-0.05, 0) is 25.0 Å². The highest BCUT2D eigenvalue weighted by Crippen LogP contribution is 2.13. The maximum absolute atomic E-state index is 12.0. The van der Waals surface area contributed by atoms with E-state index in [0.717, 1.165) is 18.7 Å². The van der Waals surface area contributed by atoms with Gasteiger partial charge in [-0.15, -0.1) is 0 Å². The van der Waals surface area contributed by atoms with E-state index in [0.29, 0.717) is 19.4 Å². The van der Waals surface area contributed by atoms with Gasteiger partial charge in [-0.3, -0.25) is 4.79 Å². The molecule has 0 amide bonds. The zero-order valence-electron chi connectivity index (χ0n) is 11.2. The van der Waals surface area contributed by atoms with Gasteiger partial charge in [-0.1, -0.05) is 23.8 Å². The minimum Gasteiger partial charge on any atom is -0.375 e. The smallest absolute Gasteiger partial charge is 0.139 e. The van der Waals surface area contributed by atoms with Crippen LogP contribution in [0.25, 0.3) is 0 Å². The predicted octanol–water partition coefficient (Wildman–Crippen LogP) is 1.79. The van der Waals surface area contributed by atoms with Crippen LogP contribution in [-0.4, -0.2) is 31.6 Å². The summed E-state index contributed by atoms with van der Waals surface area (Å²) in [4.78, 5) is 12.0. The fraction of sp³-hybridized carbons (Fsp3) is 0.533. The van der Waals surface area contributed by atoms with E-state index >= 15 is 0 Å². The molecule has 1 saturated heterocycles. The van der Waals surface area contributed by atoms with Gasteiger partial charge in [-0.25, -0.2) is 0 Å². The Kier molecular flexibility index (Phi) is 4.50. The Labute approximate surface area is 109 Å². The average molecular weight is 247 g/mol. The number of hydrogen-bond acceptors (Lipinski definition) is 3. The number of carbonyl (C=O) groups excluding carboxylic acids is 1. The molecule has 3 heteroatoms. The van der Waals surface area contributed by atoms with Crippen LogP contribution in [-0.2, 0) is 16.0 Å². The summed E-state index contributed by atoms with van der Waals surface area (Å²) >= 11 is 0. The molecule has 1 fully saturated rings. The second-order valence-electron chi connectivity index (χ2n) is 5.05. The lowest BCUT2D eigenvalue weighted by molar-refractivity contribution is -0.121. The lowest BCUT2D eigenvalue weighted by Gasteiger charge is -2.23. The van der Waals surface area contributed by atoms with E-state index in [1.54, 1.807) is 0 Å². The van der Waals surface area contributed by atoms with Crippen LogP contribution in [0.15, 0.2) is 18.2 Å². The van der Waals surface area contributed by atoms with Crippen LogP contribution in [0.5, 0.6) is 0 Å². The van der Waals surface area contributed by atoms with Crippen molar-refractivity contribution in [2.45, 2.75) is 32.8 Å². The number of Topliss-reactive ketones (excluding diaryl/α,β-unsaturated/α-hetero) is 1. The molecule has 1 heterocycles. The van der Waals surface area contributed by atoms with Crippen LogP contribution in [0.2, 0.25) is 0 Å². The maximum atomic E-state index is 12.0. The van der Waals surface area contributed by atoms with Gasteiger partial charge in [0.25, 0.3) is 0 Å². The van der Waals surface area contributed by atoms with Crippen LogP contribution in [0.1, 0.15) is 23.1 Å². The molecule has 1 atom stereocenters. The van der Waals surface area contributed by atoms with Crippen molar-refractivity contribution in [1.29, 1.82) is 0 Å². The molecule has 1 unspecified atom stereocenters. The number of benzene rings is 1. The predicted molar refractivity (Wildman–Crippen MR) is 71.9 cm³/mol. The Morgan fingerprint density at radius 1 is 1.44 bits per heavy atom. The number of ether oxygens (including phenoxy) is 1. The first-order valence-corrected chi connectivity index (χ1v) is 6.55. The molecule has 1 N–H and O–H groups in total. The van der Waals surface area contributed by atoms with Gasteiger partial charge in [-0.2, -0.15) is 0 Å². The first kappa shape index (κ1) is 13.2. The third-order valence-electron chi connectivity index (χ3n) is 3.35. The maximum Gasteiger partial charge on any atom is 0.139 e. The number of morpholine rings is 1. The van der Waals surface area contributed by atoms with Gasteiger partial charge in [0.2, 0.25) is 0 Å². The fourth-order valence-electron chi connectivity index (χ4n) is 2.28. The van der Waals surface area contributed by atoms with E-state index in [1.165, 1.54) is 11.1 Å². The highest BCUT2D eigenvalue weighted by molar-refractivity contribution is 5.81. The monoisotopic (exact) mass is 247 g/mol. The summed E-state index contributed by atoms with van der Waals surface area (Å²) in [6.45, 7) is 6.50. The first-order chi connectivity index (χ1) is 8.65. The van der Waals surface area contributed by atoms with Crippen molar-refractivity contribution in [1.82, 2.24) is 5.32 Å². The van der Waals surface area contributed by atoms with Crippen molar-refractivity contribution in [3.05, 3.63) is 34.9 Å². The summed E-state index contributed by atoms with van der Waals surface area (Å²) in [5.41, 5.74) is 3.54. The van der Waals surface area contributed by atoms with Gasteiger partial charge >= 0.3 is 0 Å². The number of nitrogens with one attached hydrogen (secondary N) is 1. The van der Waals surface area contributed by atoms with Crippen LogP contribution < -0.4 is 5.32 Å². The van der Waals surface area contributed by atoms with E-state index in [9.17, 15) is 4.79 Å². The standard InChI is InChI=1S/C15H21NO2/c1-11-3-4-12(2)13(7-11)8-14(17)9-15-10-16-5-6-18-15/h3-4,7,15-16H,5-6,8-10H2,1-2H3. The lowest BCUT2D eigenvalue weighted by atomic mass is 9.98. The largest absolute Gasteiger partial charge is 0.375 e. The van der Waals surface area contributed by atoms with Crippen LogP contribution in [0, 0.1) is 13.8 Å². The zero-order chi connectivity index (χ0) is 13.0. The second kappa shape index (κ2) is 6.12. The molecule has 0 radical (unpaired) electrons. The van der Waals surface area contributed by atoms with E-state index < -0.39 is 0 Å². The minimum atomic E-state index is 0.0522. The fourth-order valence-corrected chi connectivity index (χ4v) is 2.28. The van der Waals surface area contributed by atoms with Gasteiger partial charge in [0.1, 0.15) is 5.78 Å². The normalized spacial score (nSPS) is 19.8. The molecule has 0 bridgehead atoms. The highest BCUT2D eigenvalue weighted by Gasteiger charge is 2.17. The molecular weight excluding hydrogens is 226 g/mol. The number of ketones is 1. The molecule has 1 aromatic carbocycles. The zero-order valence-corrected chi connectivity index (χ0v) is 11.2. The summed E-state index contributed by atoms with van der Waals surface area (Å²) in [7, 11) is 0. The number of rotatable bonds is 4. The number of hydrogen-bond donors (Lipinski definition) is 1. The van der Waals surface area contributed by atoms with Crippen molar-refractivity contribution >= 4 is 5.78 Å². The highest BCUT2D eigenvalue weighted by atomic mass is 16.5. The van der Waals surface area contributed by atoms with Gasteiger partial charge in [0, 0.05) is 25.9 Å². The molecular formula is C15H21NO2. The SMILES string of the molecule is Cc1ccc(C)c(CC(=O)CC2CNCCO2)c1. The summed E-state index contributed by atoms with van der Waals surface area (Å²) in [6, 6.07) is 6.27. The molecule has 18 heavy (non-hydrogen) atoms. The van der Waals surface area contributed by atoms with Crippen molar-refractivity contribution in [3.8, 4) is 0 Å². The third-order valence-corrected chi connectivity index (χ3v) is 3.35. The van der Waals surface area contributed by atoms with Crippen LogP contribution in [0.4, 0.5) is 0 Å². The molecule has 0 aliphatic carbocycles. The van der Waals surface area contributed by atoms with E-state index in [-0.39, 0.29) is 11.9 Å². The van der Waals surface area contributed by atoms with E-state index in [2.05, 4.69) is 37.4 Å². The Bertz CT molecular complexity index is 423. The van der Waals surface area contributed by atoms with E-state index in [4.69, 9.17) is 4.74 Å². The Hall–Kier alpha value is -1.19. The summed E-state index contributed by atoms with van der Waals surface area (Å²) in [6.07, 6.45) is 1.09. The summed E-state index contributed by atoms with van der Waals surface area (Å²) in [5, 5.41) is 3.25. The Morgan fingerprint density at radius 2 is 2.28 bits per heavy atom. The van der Waals surface area contributed by atoms with Crippen molar-refractivity contribution < 1.29 is 9.53 Å². The van der Waals surface area contributed by atoms with Gasteiger partial charge in [0.15, 0.2) is 0 Å². The van der Waals surface area contributed by atoms with Crippen LogP contribution >= 0.6 is 0 Å². The molecule has 0 aromatic heterocycles. The second-order valence-corrected chi connectivity index (χ2v) is 5.05. The third kappa shape index (κ3) is 3.65. The molecule has 1 aliphatic heterocycles. The summed E-state index contributed by atoms with van der Waals surface area (Å²) in [5.74, 6) is 0.261. The van der Waals surface area contributed by atoms with E-state index in [1.807, 2.05) is 0 Å². The average Bonchev–Trinajstić information content (AvgIpc) is 2.35. The quantitative estimate of drug-likeness (QED) is 0.881. The Balaban J connectivity index is 1.92. The Morgan fingerprint density at radius 3 is 3.00 bits per heavy atom. The van der Waals surface area contributed by atoms with Gasteiger partial charge < -0.3 is 10.1 Å². The molecule has 1 aliphatic rings. The number of carbonyl (C=O) groups is 1. The van der Waals surface area contributed by atoms with Crippen molar-refractivity contribution in [2.75, 3.05) is 19.7 Å². The molecule has 1 aromatic rings. The molecule has 0 saturated carbocycles. The lowest BCUT2D eigenvalue weighted by Crippen LogP contribution is -2.39. The van der Waals surface area contributed by atoms with Crippen LogP contribution in [0.3, 0.4) is 0 Å². The van der Waals surface area contributed by atoms with Crippen molar-refractivity contribution in [2.24, 2.45) is 0 Å². The molecule has 98 valence electrons.